The van der Waals surface area contributed by atoms with Crippen molar-refractivity contribution in [1.82, 2.24) is 25.3 Å². The van der Waals surface area contributed by atoms with Crippen molar-refractivity contribution in [3.63, 3.8) is 0 Å². The molecular weight excluding hydrogens is 775 g/mol. The third kappa shape index (κ3) is 22.9. The minimum Gasteiger partial charge on any atom is -0.426 e. The van der Waals surface area contributed by atoms with Crippen molar-refractivity contribution in [2.75, 3.05) is 13.1 Å². The van der Waals surface area contributed by atoms with Gasteiger partial charge in [-0.05, 0) is 19.8 Å². The van der Waals surface area contributed by atoms with Crippen molar-refractivity contribution in [3.8, 4) is 0 Å². The molecule has 0 bridgehead atoms. The maximum atomic E-state index is 14.4. The standard InChI is InChI=1S/C52H95N5O5/c1-46(58)49(54-47(2)59)50(60)57-42-40-38-36-34-32-30-28-26-24-22-20-18-16-14-12-10-8-6-4-3-5-7-9-11-13-15-17-19-21-23-25-27-29-31-33-35-37-39-41-52(57)44-56(51(52)61)43-48-55-53-45-62-48/h45-46,49,58H,3-44H2,1-2H3,(H,54,59)/t46-,49+,52?/m1/s1. The van der Waals surface area contributed by atoms with E-state index in [-0.39, 0.29) is 24.3 Å². The van der Waals surface area contributed by atoms with Crippen molar-refractivity contribution in [2.24, 2.45) is 0 Å². The van der Waals surface area contributed by atoms with E-state index in [9.17, 15) is 19.5 Å². The number of nitrogens with one attached hydrogen (secondary N) is 1. The molecule has 2 N–H and O–H groups in total. The predicted octanol–water partition coefficient (Wildman–Crippen LogP) is 13.1. The number of carbonyl (C=O) groups is 3. The molecule has 2 fully saturated rings. The first-order chi connectivity index (χ1) is 30.3. The smallest absolute Gasteiger partial charge is 0.250 e. The van der Waals surface area contributed by atoms with E-state index in [1.165, 1.54) is 226 Å². The van der Waals surface area contributed by atoms with Crippen molar-refractivity contribution in [3.05, 3.63) is 12.3 Å². The molecule has 3 amide bonds. The highest BCUT2D eigenvalue weighted by molar-refractivity contribution is 5.98. The number of amides is 3. The summed E-state index contributed by atoms with van der Waals surface area (Å²) >= 11 is 0. The third-order valence-corrected chi connectivity index (χ3v) is 14.0. The molecule has 10 heteroatoms. The molecule has 1 aromatic rings. The van der Waals surface area contributed by atoms with E-state index in [1.54, 1.807) is 9.80 Å². The lowest BCUT2D eigenvalue weighted by atomic mass is 9.80. The molecule has 1 unspecified atom stereocenters. The highest BCUT2D eigenvalue weighted by Gasteiger charge is 2.58. The zero-order chi connectivity index (χ0) is 44.4. The van der Waals surface area contributed by atoms with E-state index in [2.05, 4.69) is 15.5 Å². The molecular formula is C52H95N5O5. The van der Waals surface area contributed by atoms with Crippen LogP contribution in [0.3, 0.4) is 0 Å². The molecule has 3 heterocycles. The van der Waals surface area contributed by atoms with Gasteiger partial charge < -0.3 is 24.6 Å². The molecule has 62 heavy (non-hydrogen) atoms. The predicted molar refractivity (Wildman–Crippen MR) is 254 cm³/mol. The molecule has 3 rings (SSSR count). The fourth-order valence-electron chi connectivity index (χ4n) is 10.1. The summed E-state index contributed by atoms with van der Waals surface area (Å²) in [6.07, 6.45) is 50.5. The Morgan fingerprint density at radius 2 is 0.952 bits per heavy atom. The Bertz CT molecular complexity index is 1260. The van der Waals surface area contributed by atoms with Gasteiger partial charge in [0.2, 0.25) is 24.1 Å². The molecule has 0 saturated carbocycles. The van der Waals surface area contributed by atoms with Gasteiger partial charge in [-0.3, -0.25) is 14.4 Å². The van der Waals surface area contributed by atoms with Crippen LogP contribution in [0.4, 0.5) is 0 Å². The SMILES string of the molecule is CC(=O)N[C@H](C(=O)N1CCCCCCCCCCCCCCCCCCCCCCCCCCCCCCCCCCCCCCCCC12CN(Cc1nnco1)C2=O)[C@@H](C)O. The number of hydrogen-bond donors (Lipinski definition) is 2. The van der Waals surface area contributed by atoms with Gasteiger partial charge in [-0.15, -0.1) is 10.2 Å². The number of aromatic nitrogens is 2. The third-order valence-electron chi connectivity index (χ3n) is 14.0. The van der Waals surface area contributed by atoms with Gasteiger partial charge in [-0.2, -0.15) is 0 Å². The number of carbonyl (C=O) groups excluding carboxylic acids is 3. The second-order valence-electron chi connectivity index (χ2n) is 19.6. The molecule has 0 aromatic carbocycles. The minimum absolute atomic E-state index is 0.118. The summed E-state index contributed by atoms with van der Waals surface area (Å²) in [7, 11) is 0. The number of rotatable bonds is 5. The second-order valence-corrected chi connectivity index (χ2v) is 19.6. The summed E-state index contributed by atoms with van der Waals surface area (Å²) in [5.74, 6) is -0.511. The van der Waals surface area contributed by atoms with E-state index in [1.807, 2.05) is 0 Å². The van der Waals surface area contributed by atoms with Crippen LogP contribution in [0.1, 0.15) is 270 Å². The monoisotopic (exact) mass is 870 g/mol. The summed E-state index contributed by atoms with van der Waals surface area (Å²) in [6, 6.07) is -1.11. The Kier molecular flexibility index (Phi) is 30.3. The number of aliphatic hydroxyl groups is 1. The minimum atomic E-state index is -1.11. The highest BCUT2D eigenvalue weighted by Crippen LogP contribution is 2.37. The second kappa shape index (κ2) is 34.9. The van der Waals surface area contributed by atoms with Gasteiger partial charge in [0.1, 0.15) is 11.6 Å². The average molecular weight is 870 g/mol. The summed E-state index contributed by atoms with van der Waals surface area (Å²) in [5.41, 5.74) is -1.02. The molecule has 10 nitrogen and oxygen atoms in total. The van der Waals surface area contributed by atoms with Crippen molar-refractivity contribution in [1.29, 1.82) is 0 Å². The zero-order valence-corrected chi connectivity index (χ0v) is 40.3. The molecule has 2 aliphatic heterocycles. The number of hydrogen-bond acceptors (Lipinski definition) is 7. The van der Waals surface area contributed by atoms with Crippen LogP contribution < -0.4 is 5.32 Å². The van der Waals surface area contributed by atoms with Gasteiger partial charge >= 0.3 is 0 Å². The van der Waals surface area contributed by atoms with Gasteiger partial charge in [0, 0.05) is 13.5 Å². The van der Waals surface area contributed by atoms with E-state index in [4.69, 9.17) is 4.42 Å². The van der Waals surface area contributed by atoms with E-state index in [0.29, 0.717) is 25.4 Å². The summed E-state index contributed by atoms with van der Waals surface area (Å²) < 4.78 is 5.37. The highest BCUT2D eigenvalue weighted by atomic mass is 16.4. The molecule has 1 spiro atoms. The maximum absolute atomic E-state index is 14.4. The number of nitrogens with zero attached hydrogens (tertiary/aromatic N) is 4. The molecule has 0 aliphatic carbocycles. The Labute approximate surface area is 379 Å². The Morgan fingerprint density at radius 3 is 1.24 bits per heavy atom. The number of likely N-dealkylation sites (tertiary alicyclic amines) is 1. The zero-order valence-electron chi connectivity index (χ0n) is 40.3. The maximum Gasteiger partial charge on any atom is 0.250 e. The van der Waals surface area contributed by atoms with E-state index < -0.39 is 17.7 Å². The van der Waals surface area contributed by atoms with Crippen LogP contribution in [-0.2, 0) is 20.9 Å². The van der Waals surface area contributed by atoms with Crippen LogP contribution in [0.5, 0.6) is 0 Å². The first-order valence-corrected chi connectivity index (χ1v) is 26.7. The Balaban J connectivity index is 1.51. The lowest BCUT2D eigenvalue weighted by molar-refractivity contribution is -0.176. The first kappa shape index (κ1) is 53.8. The number of β-lactam (4-membered cyclic amide) rings is 1. The quantitative estimate of drug-likeness (QED) is 0.282. The fourth-order valence-corrected chi connectivity index (χ4v) is 10.1. The van der Waals surface area contributed by atoms with Gasteiger partial charge in [0.25, 0.3) is 5.91 Å². The van der Waals surface area contributed by atoms with Crippen LogP contribution in [0.15, 0.2) is 10.8 Å². The molecule has 2 saturated heterocycles. The van der Waals surface area contributed by atoms with Crippen molar-refractivity contribution in [2.45, 2.75) is 288 Å². The van der Waals surface area contributed by atoms with Crippen LogP contribution in [0.25, 0.3) is 0 Å². The Morgan fingerprint density at radius 1 is 0.613 bits per heavy atom. The average Bonchev–Trinajstić information content (AvgIpc) is 3.78. The normalized spacial score (nSPS) is 24.4. The largest absolute Gasteiger partial charge is 0.426 e. The molecule has 1 aromatic heterocycles. The molecule has 358 valence electrons. The lowest BCUT2D eigenvalue weighted by Crippen LogP contribution is -2.76. The Hall–Kier alpha value is -2.49. The van der Waals surface area contributed by atoms with Crippen LogP contribution in [-0.4, -0.2) is 73.6 Å². The van der Waals surface area contributed by atoms with Crippen LogP contribution >= 0.6 is 0 Å². The summed E-state index contributed by atoms with van der Waals surface area (Å²) in [5, 5.41) is 21.2. The summed E-state index contributed by atoms with van der Waals surface area (Å²) in [6.45, 7) is 3.88. The van der Waals surface area contributed by atoms with E-state index >= 15 is 0 Å². The van der Waals surface area contributed by atoms with Crippen molar-refractivity contribution < 1.29 is 23.9 Å². The lowest BCUT2D eigenvalue weighted by Gasteiger charge is -2.55. The van der Waals surface area contributed by atoms with Gasteiger partial charge in [0.15, 0.2) is 0 Å². The number of aliphatic hydroxyl groups excluding tert-OH is 1. The van der Waals surface area contributed by atoms with Crippen LogP contribution in [0.2, 0.25) is 0 Å². The fraction of sp³-hybridized carbons (Fsp3) is 0.904. The van der Waals surface area contributed by atoms with Gasteiger partial charge in [-0.1, -0.05) is 238 Å². The first-order valence-electron chi connectivity index (χ1n) is 26.7. The summed E-state index contributed by atoms with van der Waals surface area (Å²) in [4.78, 5) is 44.3. The van der Waals surface area contributed by atoms with Gasteiger partial charge in [0.05, 0.1) is 19.2 Å². The van der Waals surface area contributed by atoms with E-state index in [0.717, 1.165) is 38.5 Å². The van der Waals surface area contributed by atoms with Gasteiger partial charge in [-0.25, -0.2) is 0 Å². The molecule has 2 aliphatic rings. The molecule has 3 atom stereocenters. The van der Waals surface area contributed by atoms with Crippen LogP contribution in [0, 0.1) is 0 Å². The molecule has 0 radical (unpaired) electrons. The topological polar surface area (TPSA) is 129 Å². The van der Waals surface area contributed by atoms with Crippen molar-refractivity contribution >= 4 is 17.7 Å².